The number of allylic oxidation sites excluding steroid dienone is 2. The van der Waals surface area contributed by atoms with Crippen LogP contribution in [-0.2, 0) is 9.59 Å². The maximum Gasteiger partial charge on any atom is 0.237 e. The first-order chi connectivity index (χ1) is 10.8. The molecule has 0 aromatic rings. The number of fused-ring (bicyclic) bond motifs is 2. The lowest BCUT2D eigenvalue weighted by atomic mass is 9.78. The lowest BCUT2D eigenvalue weighted by Crippen LogP contribution is -3.19. The van der Waals surface area contributed by atoms with Gasteiger partial charge in [-0.15, -0.1) is 0 Å². The van der Waals surface area contributed by atoms with E-state index in [9.17, 15) is 9.59 Å². The fourth-order valence-electron chi connectivity index (χ4n) is 5.29. The number of carbonyl (C=O) groups is 2. The van der Waals surface area contributed by atoms with Gasteiger partial charge >= 0.3 is 0 Å². The smallest absolute Gasteiger partial charge is 0.237 e. The predicted molar refractivity (Wildman–Crippen MR) is 82.9 cm³/mol. The molecule has 2 saturated heterocycles. The number of rotatable bonds is 2. The van der Waals surface area contributed by atoms with Gasteiger partial charge < -0.3 is 4.90 Å². The molecule has 1 saturated carbocycles. The van der Waals surface area contributed by atoms with E-state index in [1.165, 1.54) is 43.4 Å². The highest BCUT2D eigenvalue weighted by atomic mass is 16.2. The molecule has 0 bridgehead atoms. The van der Waals surface area contributed by atoms with Crippen molar-refractivity contribution in [3.63, 3.8) is 0 Å². The summed E-state index contributed by atoms with van der Waals surface area (Å²) in [7, 11) is 0. The molecule has 1 N–H and O–H groups in total. The Hall–Kier alpha value is -1.16. The van der Waals surface area contributed by atoms with Crippen LogP contribution in [-0.4, -0.2) is 36.0 Å². The van der Waals surface area contributed by atoms with Gasteiger partial charge in [0.05, 0.1) is 24.4 Å². The minimum Gasteiger partial charge on any atom is -0.315 e. The molecule has 4 heteroatoms. The van der Waals surface area contributed by atoms with Crippen LogP contribution in [0.1, 0.15) is 51.4 Å². The number of amides is 2. The van der Waals surface area contributed by atoms with Crippen LogP contribution in [0, 0.1) is 17.8 Å². The van der Waals surface area contributed by atoms with Crippen molar-refractivity contribution in [2.45, 2.75) is 57.4 Å². The van der Waals surface area contributed by atoms with Gasteiger partial charge in [0.1, 0.15) is 0 Å². The summed E-state index contributed by atoms with van der Waals surface area (Å²) in [6.07, 6.45) is 13.6. The maximum atomic E-state index is 12.6. The van der Waals surface area contributed by atoms with Crippen LogP contribution in [0.15, 0.2) is 12.2 Å². The van der Waals surface area contributed by atoms with E-state index in [1.807, 2.05) is 0 Å². The molecule has 0 aromatic carbocycles. The fourth-order valence-corrected chi connectivity index (χ4v) is 5.29. The number of imide groups is 1. The highest BCUT2D eigenvalue weighted by molar-refractivity contribution is 6.05. The van der Waals surface area contributed by atoms with E-state index >= 15 is 0 Å². The SMILES string of the molecule is O=C1[C@H]2CC=CC[C@H]2C(=O)N1C[NH+]1CCC[C@H]2CCCC[C@@H]21. The Labute approximate surface area is 132 Å². The average Bonchev–Trinajstić information content (AvgIpc) is 2.81. The standard InChI is InChI=1S/C18H26N2O2/c21-17-14-8-2-3-9-15(14)18(22)20(17)12-19-11-5-7-13-6-1-4-10-16(13)19/h2-3,13-16H,1,4-12H2/p+1/t13-,14-,15+,16+/m1/s1. The van der Waals surface area contributed by atoms with Gasteiger partial charge in [0.15, 0.2) is 6.67 Å². The Morgan fingerprint density at radius 1 is 0.955 bits per heavy atom. The first-order valence-electron chi connectivity index (χ1n) is 9.10. The Kier molecular flexibility index (Phi) is 3.81. The molecule has 4 nitrogen and oxygen atoms in total. The first kappa shape index (κ1) is 14.4. The van der Waals surface area contributed by atoms with Gasteiger partial charge in [-0.1, -0.05) is 18.6 Å². The van der Waals surface area contributed by atoms with Crippen LogP contribution in [0.4, 0.5) is 0 Å². The number of hydrogen-bond donors (Lipinski definition) is 1. The monoisotopic (exact) mass is 303 g/mol. The second-order valence-corrected chi connectivity index (χ2v) is 7.62. The highest BCUT2D eigenvalue weighted by Gasteiger charge is 2.49. The summed E-state index contributed by atoms with van der Waals surface area (Å²) >= 11 is 0. The number of piperidine rings is 1. The van der Waals surface area contributed by atoms with Crippen LogP contribution in [0.2, 0.25) is 0 Å². The van der Waals surface area contributed by atoms with Crippen molar-refractivity contribution >= 4 is 11.8 Å². The molecule has 1 unspecified atom stereocenters. The number of likely N-dealkylation sites (tertiary alicyclic amines) is 2. The number of hydrogen-bond acceptors (Lipinski definition) is 2. The molecule has 5 atom stereocenters. The van der Waals surface area contributed by atoms with Crippen molar-refractivity contribution in [2.24, 2.45) is 17.8 Å². The van der Waals surface area contributed by atoms with Gasteiger partial charge in [0.2, 0.25) is 11.8 Å². The van der Waals surface area contributed by atoms with E-state index in [1.54, 1.807) is 4.90 Å². The van der Waals surface area contributed by atoms with E-state index in [4.69, 9.17) is 0 Å². The third kappa shape index (κ3) is 2.32. The zero-order valence-electron chi connectivity index (χ0n) is 13.3. The molecule has 2 aliphatic heterocycles. The summed E-state index contributed by atoms with van der Waals surface area (Å²) in [5.74, 6) is 0.900. The van der Waals surface area contributed by atoms with E-state index in [0.717, 1.165) is 25.3 Å². The normalized spacial score (nSPS) is 41.5. The molecule has 22 heavy (non-hydrogen) atoms. The number of carbonyl (C=O) groups excluding carboxylic acids is 2. The van der Waals surface area contributed by atoms with Crippen molar-refractivity contribution in [1.29, 1.82) is 0 Å². The lowest BCUT2D eigenvalue weighted by molar-refractivity contribution is -0.942. The Balaban J connectivity index is 1.48. The molecule has 4 aliphatic rings. The largest absolute Gasteiger partial charge is 0.315 e. The molecule has 2 heterocycles. The molecule has 120 valence electrons. The summed E-state index contributed by atoms with van der Waals surface area (Å²) in [6, 6.07) is 0.684. The van der Waals surface area contributed by atoms with Crippen molar-refractivity contribution < 1.29 is 14.5 Å². The van der Waals surface area contributed by atoms with Crippen molar-refractivity contribution in [1.82, 2.24) is 4.90 Å². The van der Waals surface area contributed by atoms with E-state index in [2.05, 4.69) is 12.2 Å². The summed E-state index contributed by atoms with van der Waals surface area (Å²) in [5, 5.41) is 0. The Bertz CT molecular complexity index is 473. The van der Waals surface area contributed by atoms with Crippen LogP contribution < -0.4 is 4.90 Å². The summed E-state index contributed by atoms with van der Waals surface area (Å²) in [6.45, 7) is 1.76. The summed E-state index contributed by atoms with van der Waals surface area (Å²) < 4.78 is 0. The van der Waals surface area contributed by atoms with Gasteiger partial charge in [-0.25, -0.2) is 4.90 Å². The average molecular weight is 303 g/mol. The van der Waals surface area contributed by atoms with Crippen LogP contribution in [0.3, 0.4) is 0 Å². The zero-order chi connectivity index (χ0) is 15.1. The fraction of sp³-hybridized carbons (Fsp3) is 0.778. The van der Waals surface area contributed by atoms with Gasteiger partial charge in [-0.3, -0.25) is 9.59 Å². The van der Waals surface area contributed by atoms with Gasteiger partial charge in [-0.05, 0) is 44.9 Å². The molecule has 0 radical (unpaired) electrons. The summed E-state index contributed by atoms with van der Waals surface area (Å²) in [5.41, 5.74) is 0. The zero-order valence-corrected chi connectivity index (χ0v) is 13.3. The van der Waals surface area contributed by atoms with E-state index < -0.39 is 0 Å². The molecular weight excluding hydrogens is 276 g/mol. The second-order valence-electron chi connectivity index (χ2n) is 7.62. The lowest BCUT2D eigenvalue weighted by Gasteiger charge is -2.42. The quantitative estimate of drug-likeness (QED) is 0.614. The van der Waals surface area contributed by atoms with Crippen molar-refractivity contribution in [3.8, 4) is 0 Å². The topological polar surface area (TPSA) is 41.8 Å². The highest BCUT2D eigenvalue weighted by Crippen LogP contribution is 2.35. The van der Waals surface area contributed by atoms with Crippen molar-refractivity contribution in [3.05, 3.63) is 12.2 Å². The van der Waals surface area contributed by atoms with Gasteiger partial charge in [0, 0.05) is 5.92 Å². The number of nitrogens with one attached hydrogen (secondary N) is 1. The molecule has 0 spiro atoms. The molecule has 3 fully saturated rings. The molecule has 0 aromatic heterocycles. The minimum atomic E-state index is -0.0659. The molecule has 2 aliphatic carbocycles. The Morgan fingerprint density at radius 3 is 2.32 bits per heavy atom. The van der Waals surface area contributed by atoms with Gasteiger partial charge in [0.25, 0.3) is 0 Å². The third-order valence-electron chi connectivity index (χ3n) is 6.47. The summed E-state index contributed by atoms with van der Waals surface area (Å²) in [4.78, 5) is 28.4. The third-order valence-corrected chi connectivity index (χ3v) is 6.47. The molecule has 2 amide bonds. The first-order valence-corrected chi connectivity index (χ1v) is 9.10. The molecule has 4 rings (SSSR count). The Morgan fingerprint density at radius 2 is 1.59 bits per heavy atom. The van der Waals surface area contributed by atoms with E-state index in [0.29, 0.717) is 12.7 Å². The van der Waals surface area contributed by atoms with Crippen LogP contribution >= 0.6 is 0 Å². The second kappa shape index (κ2) is 5.80. The van der Waals surface area contributed by atoms with Crippen LogP contribution in [0.25, 0.3) is 0 Å². The van der Waals surface area contributed by atoms with Crippen molar-refractivity contribution in [2.75, 3.05) is 13.2 Å². The van der Waals surface area contributed by atoms with Crippen LogP contribution in [0.5, 0.6) is 0 Å². The predicted octanol–water partition coefficient (Wildman–Crippen LogP) is 1.13. The number of quaternary nitrogens is 1. The van der Waals surface area contributed by atoms with E-state index in [-0.39, 0.29) is 23.7 Å². The maximum absolute atomic E-state index is 12.6. The van der Waals surface area contributed by atoms with Gasteiger partial charge in [-0.2, -0.15) is 0 Å². The minimum absolute atomic E-state index is 0.0659. The number of nitrogens with zero attached hydrogens (tertiary/aromatic N) is 1. The molecular formula is C18H27N2O2+.